The standard InChI is InChI=1S/C18H17F4NO2/c1-2-11-4-3-5-14(20)15(11)17(25)23-10-18(21,22)16(24)12-6-8-13(19)9-7-12/h3-9,16,24H,2,10H2,1H3,(H,23,25). The molecule has 0 bridgehead atoms. The molecule has 2 aromatic carbocycles. The van der Waals surface area contributed by atoms with Crippen LogP contribution < -0.4 is 5.32 Å². The van der Waals surface area contributed by atoms with E-state index in [9.17, 15) is 27.5 Å². The minimum Gasteiger partial charge on any atom is -0.382 e. The molecule has 2 N–H and O–H groups in total. The SMILES string of the molecule is CCc1cccc(F)c1C(=O)NCC(F)(F)C(O)c1ccc(F)cc1. The third kappa shape index (κ3) is 4.36. The van der Waals surface area contributed by atoms with Crippen LogP contribution >= 0.6 is 0 Å². The first-order chi connectivity index (χ1) is 11.8. The third-order valence-electron chi connectivity index (χ3n) is 3.78. The van der Waals surface area contributed by atoms with Crippen LogP contribution in [0.1, 0.15) is 34.5 Å². The Kier molecular flexibility index (Phi) is 5.79. The monoisotopic (exact) mass is 355 g/mol. The summed E-state index contributed by atoms with van der Waals surface area (Å²) in [7, 11) is 0. The smallest absolute Gasteiger partial charge is 0.294 e. The Bertz CT molecular complexity index is 747. The second-order valence-corrected chi connectivity index (χ2v) is 5.53. The highest BCUT2D eigenvalue weighted by molar-refractivity contribution is 5.96. The molecule has 25 heavy (non-hydrogen) atoms. The molecule has 0 aliphatic heterocycles. The molecule has 2 rings (SSSR count). The zero-order valence-corrected chi connectivity index (χ0v) is 13.4. The van der Waals surface area contributed by atoms with Crippen molar-refractivity contribution in [2.75, 3.05) is 6.54 Å². The second-order valence-electron chi connectivity index (χ2n) is 5.53. The summed E-state index contributed by atoms with van der Waals surface area (Å²) in [5, 5.41) is 11.7. The maximum Gasteiger partial charge on any atom is 0.294 e. The van der Waals surface area contributed by atoms with E-state index in [1.54, 1.807) is 6.92 Å². The zero-order valence-electron chi connectivity index (χ0n) is 13.4. The van der Waals surface area contributed by atoms with Crippen LogP contribution in [0.3, 0.4) is 0 Å². The van der Waals surface area contributed by atoms with E-state index in [1.165, 1.54) is 12.1 Å². The summed E-state index contributed by atoms with van der Waals surface area (Å²) < 4.78 is 54.9. The molecule has 0 fully saturated rings. The number of rotatable bonds is 6. The summed E-state index contributed by atoms with van der Waals surface area (Å²) in [4.78, 5) is 12.1. The Morgan fingerprint density at radius 2 is 1.80 bits per heavy atom. The molecule has 0 saturated heterocycles. The van der Waals surface area contributed by atoms with Gasteiger partial charge in [0.15, 0.2) is 0 Å². The summed E-state index contributed by atoms with van der Waals surface area (Å²) in [6.45, 7) is 0.514. The Morgan fingerprint density at radius 1 is 1.16 bits per heavy atom. The van der Waals surface area contributed by atoms with Crippen molar-refractivity contribution in [1.29, 1.82) is 0 Å². The molecule has 134 valence electrons. The summed E-state index contributed by atoms with van der Waals surface area (Å²) in [6.07, 6.45) is -1.88. The lowest BCUT2D eigenvalue weighted by Crippen LogP contribution is -2.41. The van der Waals surface area contributed by atoms with Crippen molar-refractivity contribution in [2.24, 2.45) is 0 Å². The molecule has 1 unspecified atom stereocenters. The van der Waals surface area contributed by atoms with Crippen LogP contribution in [0.2, 0.25) is 0 Å². The van der Waals surface area contributed by atoms with Gasteiger partial charge in [-0.3, -0.25) is 4.79 Å². The molecule has 7 heteroatoms. The van der Waals surface area contributed by atoms with Crippen molar-refractivity contribution in [2.45, 2.75) is 25.4 Å². The number of hydrogen-bond acceptors (Lipinski definition) is 2. The number of nitrogens with one attached hydrogen (secondary N) is 1. The van der Waals surface area contributed by atoms with Gasteiger partial charge in [-0.2, -0.15) is 0 Å². The predicted octanol–water partition coefficient (Wildman–Crippen LogP) is 3.63. The zero-order chi connectivity index (χ0) is 18.6. The molecular formula is C18H17F4NO2. The Hall–Kier alpha value is -2.41. The number of amides is 1. The number of aliphatic hydroxyl groups is 1. The highest BCUT2D eigenvalue weighted by atomic mass is 19.3. The molecule has 0 heterocycles. The van der Waals surface area contributed by atoms with Crippen molar-refractivity contribution in [3.05, 3.63) is 70.8 Å². The van der Waals surface area contributed by atoms with Gasteiger partial charge < -0.3 is 10.4 Å². The molecule has 1 atom stereocenters. The highest BCUT2D eigenvalue weighted by Crippen LogP contribution is 2.31. The van der Waals surface area contributed by atoms with Crippen molar-refractivity contribution in [1.82, 2.24) is 5.32 Å². The van der Waals surface area contributed by atoms with Crippen LogP contribution in [0.15, 0.2) is 42.5 Å². The minimum atomic E-state index is -3.72. The van der Waals surface area contributed by atoms with Gasteiger partial charge in [0.1, 0.15) is 17.7 Å². The first-order valence-electron chi connectivity index (χ1n) is 7.63. The van der Waals surface area contributed by atoms with Crippen molar-refractivity contribution >= 4 is 5.91 Å². The minimum absolute atomic E-state index is 0.194. The lowest BCUT2D eigenvalue weighted by Gasteiger charge is -2.23. The molecule has 0 spiro atoms. The average molecular weight is 355 g/mol. The first kappa shape index (κ1) is 18.9. The number of carbonyl (C=O) groups is 1. The van der Waals surface area contributed by atoms with Gasteiger partial charge >= 0.3 is 0 Å². The molecule has 1 amide bonds. The largest absolute Gasteiger partial charge is 0.382 e. The van der Waals surface area contributed by atoms with Gasteiger partial charge in [0.25, 0.3) is 11.8 Å². The van der Waals surface area contributed by atoms with Gasteiger partial charge in [-0.25, -0.2) is 17.6 Å². The molecule has 2 aromatic rings. The molecule has 0 aliphatic rings. The Balaban J connectivity index is 2.11. The van der Waals surface area contributed by atoms with Crippen molar-refractivity contribution in [3.8, 4) is 0 Å². The van der Waals surface area contributed by atoms with Crippen LogP contribution in [0.25, 0.3) is 0 Å². The third-order valence-corrected chi connectivity index (χ3v) is 3.78. The van der Waals surface area contributed by atoms with Gasteiger partial charge in [-0.05, 0) is 35.7 Å². The Labute approximate surface area is 142 Å². The van der Waals surface area contributed by atoms with E-state index >= 15 is 0 Å². The fourth-order valence-electron chi connectivity index (χ4n) is 2.39. The van der Waals surface area contributed by atoms with Gasteiger partial charge in [-0.15, -0.1) is 0 Å². The van der Waals surface area contributed by atoms with Gasteiger partial charge in [0.05, 0.1) is 12.1 Å². The maximum atomic E-state index is 14.1. The molecule has 3 nitrogen and oxygen atoms in total. The number of carbonyl (C=O) groups excluding carboxylic acids is 1. The fourth-order valence-corrected chi connectivity index (χ4v) is 2.39. The molecule has 0 radical (unpaired) electrons. The van der Waals surface area contributed by atoms with Crippen LogP contribution in [-0.4, -0.2) is 23.5 Å². The van der Waals surface area contributed by atoms with E-state index in [-0.39, 0.29) is 11.1 Å². The quantitative estimate of drug-likeness (QED) is 0.778. The van der Waals surface area contributed by atoms with E-state index in [0.717, 1.165) is 30.3 Å². The topological polar surface area (TPSA) is 49.3 Å². The van der Waals surface area contributed by atoms with E-state index in [4.69, 9.17) is 0 Å². The van der Waals surface area contributed by atoms with Crippen LogP contribution in [0.5, 0.6) is 0 Å². The number of aliphatic hydroxyl groups excluding tert-OH is 1. The van der Waals surface area contributed by atoms with Crippen molar-refractivity contribution < 1.29 is 27.5 Å². The fraction of sp³-hybridized carbons (Fsp3) is 0.278. The van der Waals surface area contributed by atoms with E-state index in [2.05, 4.69) is 0 Å². The van der Waals surface area contributed by atoms with Crippen LogP contribution in [0.4, 0.5) is 17.6 Å². The number of halogens is 4. The van der Waals surface area contributed by atoms with Crippen molar-refractivity contribution in [3.63, 3.8) is 0 Å². The van der Waals surface area contributed by atoms with E-state index < -0.39 is 36.1 Å². The first-order valence-corrected chi connectivity index (χ1v) is 7.63. The highest BCUT2D eigenvalue weighted by Gasteiger charge is 2.40. The Morgan fingerprint density at radius 3 is 2.40 bits per heavy atom. The van der Waals surface area contributed by atoms with Gasteiger partial charge in [0, 0.05) is 0 Å². The molecular weight excluding hydrogens is 338 g/mol. The van der Waals surface area contributed by atoms with E-state index in [0.29, 0.717) is 12.0 Å². The maximum absolute atomic E-state index is 14.1. The number of benzene rings is 2. The normalized spacial score (nSPS) is 12.7. The lowest BCUT2D eigenvalue weighted by atomic mass is 10.0. The summed E-state index contributed by atoms with van der Waals surface area (Å²) in [5.41, 5.74) is -0.0993. The number of alkyl halides is 2. The summed E-state index contributed by atoms with van der Waals surface area (Å²) in [6, 6.07) is 7.98. The molecule has 0 aliphatic carbocycles. The average Bonchev–Trinajstić information content (AvgIpc) is 2.59. The number of aryl methyl sites for hydroxylation is 1. The predicted molar refractivity (Wildman–Crippen MR) is 84.4 cm³/mol. The van der Waals surface area contributed by atoms with Gasteiger partial charge in [0.2, 0.25) is 0 Å². The molecule has 0 saturated carbocycles. The van der Waals surface area contributed by atoms with Crippen LogP contribution in [-0.2, 0) is 6.42 Å². The van der Waals surface area contributed by atoms with Gasteiger partial charge in [-0.1, -0.05) is 31.2 Å². The molecule has 0 aromatic heterocycles. The lowest BCUT2D eigenvalue weighted by molar-refractivity contribution is -0.106. The van der Waals surface area contributed by atoms with Crippen LogP contribution in [0, 0.1) is 11.6 Å². The summed E-state index contributed by atoms with van der Waals surface area (Å²) >= 11 is 0. The number of hydrogen-bond donors (Lipinski definition) is 2. The summed E-state index contributed by atoms with van der Waals surface area (Å²) in [5.74, 6) is -6.13. The second kappa shape index (κ2) is 7.65. The van der Waals surface area contributed by atoms with E-state index in [1.807, 2.05) is 5.32 Å².